The van der Waals surface area contributed by atoms with Crippen molar-refractivity contribution < 1.29 is 19.4 Å². The molecule has 0 radical (unpaired) electrons. The molecule has 0 bridgehead atoms. The van der Waals surface area contributed by atoms with Crippen LogP contribution in [0, 0.1) is 0 Å². The second kappa shape index (κ2) is 5.92. The van der Waals surface area contributed by atoms with Crippen molar-refractivity contribution in [1.29, 1.82) is 0 Å². The number of nitrogens with zero attached hydrogens (tertiary/aromatic N) is 2. The summed E-state index contributed by atoms with van der Waals surface area (Å²) in [6, 6.07) is 0.145. The van der Waals surface area contributed by atoms with Crippen molar-refractivity contribution in [1.82, 2.24) is 14.5 Å². The summed E-state index contributed by atoms with van der Waals surface area (Å²) in [6.07, 6.45) is 1.05. The van der Waals surface area contributed by atoms with E-state index >= 15 is 0 Å². The number of rotatable bonds is 4. The molecule has 1 aliphatic heterocycles. The number of aromatic nitrogens is 2. The Morgan fingerprint density at radius 1 is 1.48 bits per heavy atom. The van der Waals surface area contributed by atoms with Crippen molar-refractivity contribution in [3.8, 4) is 0 Å². The lowest BCUT2D eigenvalue weighted by atomic mass is 10.2. The van der Waals surface area contributed by atoms with Gasteiger partial charge in [0.2, 0.25) is 5.91 Å². The average molecular weight is 297 g/mol. The first-order chi connectivity index (χ1) is 9.92. The molecule has 1 aliphatic rings. The smallest absolute Gasteiger partial charge is 0.328 e. The number of aliphatic carboxylic acids is 1. The Morgan fingerprint density at radius 3 is 2.76 bits per heavy atom. The summed E-state index contributed by atoms with van der Waals surface area (Å²) in [5, 5.41) is 9.14. The van der Waals surface area contributed by atoms with E-state index in [1.54, 1.807) is 0 Å². The van der Waals surface area contributed by atoms with Crippen LogP contribution in [0.1, 0.15) is 6.42 Å². The molecule has 1 aromatic heterocycles. The highest BCUT2D eigenvalue weighted by Crippen LogP contribution is 2.20. The fourth-order valence-electron chi connectivity index (χ4n) is 2.28. The first kappa shape index (κ1) is 15.0. The zero-order valence-electron chi connectivity index (χ0n) is 11.3. The van der Waals surface area contributed by atoms with Gasteiger partial charge in [-0.15, -0.1) is 0 Å². The molecule has 2 atom stereocenters. The predicted molar refractivity (Wildman–Crippen MR) is 69.9 cm³/mol. The number of carboxylic acid groups (broad SMARTS) is 1. The topological polar surface area (TPSA) is 122 Å². The summed E-state index contributed by atoms with van der Waals surface area (Å²) >= 11 is 0. The lowest BCUT2D eigenvalue weighted by molar-refractivity contribution is -0.148. The molecule has 1 amide bonds. The van der Waals surface area contributed by atoms with Crippen LogP contribution < -0.4 is 11.2 Å². The first-order valence-electron chi connectivity index (χ1n) is 6.27. The summed E-state index contributed by atoms with van der Waals surface area (Å²) in [5.74, 6) is -1.63. The van der Waals surface area contributed by atoms with Gasteiger partial charge in [0, 0.05) is 32.3 Å². The predicted octanol–water partition coefficient (Wildman–Crippen LogP) is -1.76. The van der Waals surface area contributed by atoms with Crippen molar-refractivity contribution in [2.24, 2.45) is 0 Å². The van der Waals surface area contributed by atoms with E-state index in [0.717, 1.165) is 10.6 Å². The summed E-state index contributed by atoms with van der Waals surface area (Å²) in [5.41, 5.74) is -1.28. The van der Waals surface area contributed by atoms with Crippen LogP contribution in [0.15, 0.2) is 21.9 Å². The summed E-state index contributed by atoms with van der Waals surface area (Å²) < 4.78 is 6.11. The second-order valence-corrected chi connectivity index (χ2v) is 4.73. The van der Waals surface area contributed by atoms with Crippen LogP contribution in [0.3, 0.4) is 0 Å². The molecule has 0 spiro atoms. The van der Waals surface area contributed by atoms with Crippen molar-refractivity contribution >= 4 is 11.9 Å². The van der Waals surface area contributed by atoms with Gasteiger partial charge in [-0.3, -0.25) is 19.1 Å². The first-order valence-corrected chi connectivity index (χ1v) is 6.27. The van der Waals surface area contributed by atoms with E-state index in [0.29, 0.717) is 0 Å². The van der Waals surface area contributed by atoms with Crippen molar-refractivity contribution in [2.45, 2.75) is 25.1 Å². The van der Waals surface area contributed by atoms with Gasteiger partial charge in [-0.25, -0.2) is 9.59 Å². The van der Waals surface area contributed by atoms with Gasteiger partial charge in [0.1, 0.15) is 12.6 Å². The third kappa shape index (κ3) is 3.19. The Balaban J connectivity index is 2.17. The molecule has 1 fully saturated rings. The quantitative estimate of drug-likeness (QED) is 0.679. The van der Waals surface area contributed by atoms with Crippen LogP contribution in [-0.2, 0) is 20.9 Å². The van der Waals surface area contributed by atoms with E-state index in [1.165, 1.54) is 18.2 Å². The maximum atomic E-state index is 12.2. The number of ether oxygens (including phenoxy) is 1. The van der Waals surface area contributed by atoms with Crippen molar-refractivity contribution in [3.05, 3.63) is 33.1 Å². The van der Waals surface area contributed by atoms with Crippen LogP contribution in [0.25, 0.3) is 0 Å². The number of aromatic amines is 1. The summed E-state index contributed by atoms with van der Waals surface area (Å²) in [7, 11) is 1.45. The number of H-pyrrole nitrogens is 1. The lowest BCUT2D eigenvalue weighted by Crippen LogP contribution is -2.44. The van der Waals surface area contributed by atoms with E-state index < -0.39 is 29.2 Å². The van der Waals surface area contributed by atoms with E-state index in [1.807, 2.05) is 4.98 Å². The van der Waals surface area contributed by atoms with E-state index in [4.69, 9.17) is 9.84 Å². The Labute approximate surface area is 118 Å². The summed E-state index contributed by atoms with van der Waals surface area (Å²) in [6.45, 7) is -0.180. The fraction of sp³-hybridized carbons (Fsp3) is 0.500. The number of hydrogen-bond donors (Lipinski definition) is 2. The standard InChI is InChI=1S/C12H15N3O6/c1-21-7-4-8(11(18)19)15(5-7)10(17)6-14-3-2-9(16)13-12(14)20/h2-3,7-8H,4-6H2,1H3,(H,18,19)(H,13,16,20). The molecule has 2 unspecified atom stereocenters. The van der Waals surface area contributed by atoms with Crippen LogP contribution in [0.2, 0.25) is 0 Å². The SMILES string of the molecule is COC1CC(C(=O)O)N(C(=O)Cn2ccc(=O)[nH]c2=O)C1. The zero-order chi connectivity index (χ0) is 15.6. The zero-order valence-corrected chi connectivity index (χ0v) is 11.3. The third-order valence-electron chi connectivity index (χ3n) is 3.40. The normalized spacial score (nSPS) is 21.5. The molecule has 21 heavy (non-hydrogen) atoms. The highest BCUT2D eigenvalue weighted by atomic mass is 16.5. The lowest BCUT2D eigenvalue weighted by Gasteiger charge is -2.21. The van der Waals surface area contributed by atoms with E-state index in [2.05, 4.69) is 0 Å². The van der Waals surface area contributed by atoms with Crippen molar-refractivity contribution in [3.63, 3.8) is 0 Å². The van der Waals surface area contributed by atoms with Gasteiger partial charge in [0.15, 0.2) is 0 Å². The van der Waals surface area contributed by atoms with Crippen molar-refractivity contribution in [2.75, 3.05) is 13.7 Å². The molecule has 114 valence electrons. The van der Waals surface area contributed by atoms with Gasteiger partial charge in [-0.05, 0) is 0 Å². The number of carbonyl (C=O) groups excluding carboxylic acids is 1. The maximum Gasteiger partial charge on any atom is 0.328 e. The molecule has 1 aromatic rings. The third-order valence-corrected chi connectivity index (χ3v) is 3.40. The number of nitrogens with one attached hydrogen (secondary N) is 1. The molecule has 9 nitrogen and oxygen atoms in total. The molecule has 2 N–H and O–H groups in total. The highest BCUT2D eigenvalue weighted by Gasteiger charge is 2.39. The van der Waals surface area contributed by atoms with Gasteiger partial charge in [-0.2, -0.15) is 0 Å². The van der Waals surface area contributed by atoms with Crippen LogP contribution in [0.5, 0.6) is 0 Å². The van der Waals surface area contributed by atoms with Crippen LogP contribution in [-0.4, -0.2) is 57.2 Å². The minimum Gasteiger partial charge on any atom is -0.480 e. The maximum absolute atomic E-state index is 12.2. The van der Waals surface area contributed by atoms with E-state index in [-0.39, 0.29) is 25.6 Å². The van der Waals surface area contributed by atoms with E-state index in [9.17, 15) is 19.2 Å². The Bertz CT molecular complexity index is 663. The number of hydrogen-bond acceptors (Lipinski definition) is 5. The number of carbonyl (C=O) groups is 2. The van der Waals surface area contributed by atoms with Gasteiger partial charge in [0.05, 0.1) is 6.10 Å². The van der Waals surface area contributed by atoms with Crippen LogP contribution in [0.4, 0.5) is 0 Å². The molecular weight excluding hydrogens is 282 g/mol. The number of carboxylic acids is 1. The minimum absolute atomic E-state index is 0.157. The molecular formula is C12H15N3O6. The largest absolute Gasteiger partial charge is 0.480 e. The van der Waals surface area contributed by atoms with Gasteiger partial charge in [-0.1, -0.05) is 0 Å². The molecule has 1 saturated heterocycles. The van der Waals surface area contributed by atoms with Gasteiger partial charge in [0.25, 0.3) is 5.56 Å². The summed E-state index contributed by atoms with van der Waals surface area (Å²) in [4.78, 5) is 49.0. The molecule has 0 aromatic carbocycles. The second-order valence-electron chi connectivity index (χ2n) is 4.73. The Morgan fingerprint density at radius 2 is 2.19 bits per heavy atom. The molecule has 2 rings (SSSR count). The monoisotopic (exact) mass is 297 g/mol. The Hall–Kier alpha value is -2.42. The Kier molecular flexibility index (Phi) is 4.22. The van der Waals surface area contributed by atoms with Crippen LogP contribution >= 0.6 is 0 Å². The van der Waals surface area contributed by atoms with Gasteiger partial charge < -0.3 is 14.7 Å². The highest BCUT2D eigenvalue weighted by molar-refractivity contribution is 5.84. The number of methoxy groups -OCH3 is 1. The molecule has 0 aliphatic carbocycles. The van der Waals surface area contributed by atoms with Gasteiger partial charge >= 0.3 is 11.7 Å². The molecule has 0 saturated carbocycles. The number of likely N-dealkylation sites (tertiary alicyclic amines) is 1. The molecule has 2 heterocycles. The fourth-order valence-corrected chi connectivity index (χ4v) is 2.28. The average Bonchev–Trinajstić information content (AvgIpc) is 2.86. The number of amides is 1. The minimum atomic E-state index is -1.11. The molecule has 9 heteroatoms.